The van der Waals surface area contributed by atoms with Gasteiger partial charge in [0, 0.05) is 29.7 Å². The number of nitrogens with zero attached hydrogens (tertiary/aromatic N) is 2. The number of fused-ring (bicyclic) bond motifs is 1. The lowest BCUT2D eigenvalue weighted by Gasteiger charge is -2.14. The zero-order chi connectivity index (χ0) is 18.0. The summed E-state index contributed by atoms with van der Waals surface area (Å²) in [5, 5.41) is 2.81. The molecular weight excluding hydrogens is 322 g/mol. The number of pyridine rings is 1. The van der Waals surface area contributed by atoms with E-state index < -0.39 is 0 Å². The summed E-state index contributed by atoms with van der Waals surface area (Å²) >= 11 is 0. The Hall–Kier alpha value is -3.22. The molecule has 7 heteroatoms. The van der Waals surface area contributed by atoms with Crippen LogP contribution >= 0.6 is 0 Å². The van der Waals surface area contributed by atoms with Crippen LogP contribution in [0.4, 0.5) is 5.69 Å². The van der Waals surface area contributed by atoms with Crippen molar-refractivity contribution in [2.45, 2.75) is 6.92 Å². The molecule has 2 aromatic heterocycles. The van der Waals surface area contributed by atoms with E-state index in [-0.39, 0.29) is 5.91 Å². The maximum atomic E-state index is 12.5. The van der Waals surface area contributed by atoms with Crippen LogP contribution in [0.3, 0.4) is 0 Å². The lowest BCUT2D eigenvalue weighted by Crippen LogP contribution is -2.12. The third-order valence-corrected chi connectivity index (χ3v) is 3.85. The molecule has 0 radical (unpaired) electrons. The van der Waals surface area contributed by atoms with Crippen LogP contribution in [0.1, 0.15) is 16.2 Å². The Morgan fingerprint density at radius 1 is 1.08 bits per heavy atom. The Morgan fingerprint density at radius 3 is 2.32 bits per heavy atom. The van der Waals surface area contributed by atoms with Gasteiger partial charge in [0.15, 0.2) is 11.5 Å². The minimum atomic E-state index is -0.322. The first-order chi connectivity index (χ1) is 12.1. The van der Waals surface area contributed by atoms with Gasteiger partial charge in [-0.05, 0) is 19.1 Å². The minimum Gasteiger partial charge on any atom is -0.493 e. The Labute approximate surface area is 145 Å². The Kier molecular flexibility index (Phi) is 4.47. The lowest BCUT2D eigenvalue weighted by atomic mass is 10.2. The number of aryl methyl sites for hydroxylation is 1. The van der Waals surface area contributed by atoms with Gasteiger partial charge in [0.05, 0.1) is 21.3 Å². The van der Waals surface area contributed by atoms with Gasteiger partial charge in [0.2, 0.25) is 5.75 Å². The number of amides is 1. The van der Waals surface area contributed by atoms with Gasteiger partial charge in [-0.2, -0.15) is 0 Å². The summed E-state index contributed by atoms with van der Waals surface area (Å²) in [4.78, 5) is 16.9. The molecule has 0 unspecified atom stereocenters. The number of anilines is 1. The number of carbonyl (C=O) groups is 1. The van der Waals surface area contributed by atoms with Gasteiger partial charge in [0.1, 0.15) is 11.3 Å². The maximum Gasteiger partial charge on any atom is 0.275 e. The normalized spacial score (nSPS) is 10.6. The third-order valence-electron chi connectivity index (χ3n) is 3.85. The zero-order valence-corrected chi connectivity index (χ0v) is 14.5. The van der Waals surface area contributed by atoms with Gasteiger partial charge in [-0.25, -0.2) is 4.98 Å². The number of rotatable bonds is 5. The average Bonchev–Trinajstić information content (AvgIpc) is 3.06. The number of aromatic nitrogens is 2. The van der Waals surface area contributed by atoms with E-state index in [9.17, 15) is 4.79 Å². The fourth-order valence-electron chi connectivity index (χ4n) is 2.61. The highest BCUT2D eigenvalue weighted by Crippen LogP contribution is 2.40. The van der Waals surface area contributed by atoms with E-state index in [1.54, 1.807) is 18.3 Å². The molecule has 1 aromatic carbocycles. The van der Waals surface area contributed by atoms with Crippen molar-refractivity contribution < 1.29 is 19.0 Å². The Balaban J connectivity index is 1.93. The van der Waals surface area contributed by atoms with E-state index >= 15 is 0 Å². The van der Waals surface area contributed by atoms with Crippen molar-refractivity contribution in [1.29, 1.82) is 0 Å². The van der Waals surface area contributed by atoms with E-state index in [0.29, 0.717) is 28.6 Å². The molecule has 0 spiro atoms. The largest absolute Gasteiger partial charge is 0.493 e. The van der Waals surface area contributed by atoms with Crippen LogP contribution in [0.15, 0.2) is 36.5 Å². The molecule has 3 aromatic rings. The van der Waals surface area contributed by atoms with Crippen LogP contribution < -0.4 is 19.5 Å². The molecule has 0 saturated carbocycles. The number of hydrogen-bond acceptors (Lipinski definition) is 5. The fraction of sp³-hybridized carbons (Fsp3) is 0.222. The second-order valence-electron chi connectivity index (χ2n) is 5.39. The summed E-state index contributed by atoms with van der Waals surface area (Å²) in [5.41, 5.74) is 2.56. The molecule has 0 aliphatic carbocycles. The van der Waals surface area contributed by atoms with Crippen molar-refractivity contribution >= 4 is 17.2 Å². The molecule has 130 valence electrons. The number of carbonyl (C=O) groups excluding carboxylic acids is 1. The SMILES string of the molecule is COc1cc(NC(=O)c2cn3c(C)cccc3n2)cc(OC)c1OC. The average molecular weight is 341 g/mol. The summed E-state index contributed by atoms with van der Waals surface area (Å²) in [5.74, 6) is 1.06. The van der Waals surface area contributed by atoms with E-state index in [1.165, 1.54) is 21.3 Å². The third kappa shape index (κ3) is 3.08. The predicted molar refractivity (Wildman–Crippen MR) is 94.0 cm³/mol. The van der Waals surface area contributed by atoms with Crippen molar-refractivity contribution in [2.24, 2.45) is 0 Å². The number of nitrogens with one attached hydrogen (secondary N) is 1. The van der Waals surface area contributed by atoms with Crippen LogP contribution in [0.2, 0.25) is 0 Å². The summed E-state index contributed by atoms with van der Waals surface area (Å²) in [6, 6.07) is 9.04. The van der Waals surface area contributed by atoms with Crippen LogP contribution in [0.5, 0.6) is 17.2 Å². The highest BCUT2D eigenvalue weighted by atomic mass is 16.5. The van der Waals surface area contributed by atoms with Gasteiger partial charge in [0.25, 0.3) is 5.91 Å². The van der Waals surface area contributed by atoms with Gasteiger partial charge >= 0.3 is 0 Å². The van der Waals surface area contributed by atoms with E-state index in [2.05, 4.69) is 10.3 Å². The smallest absolute Gasteiger partial charge is 0.275 e. The summed E-state index contributed by atoms with van der Waals surface area (Å²) in [6.07, 6.45) is 1.71. The van der Waals surface area contributed by atoms with Gasteiger partial charge < -0.3 is 23.9 Å². The van der Waals surface area contributed by atoms with Crippen molar-refractivity contribution in [1.82, 2.24) is 9.38 Å². The number of imidazole rings is 1. The molecule has 0 aliphatic rings. The van der Waals surface area contributed by atoms with Crippen LogP contribution in [0.25, 0.3) is 5.65 Å². The number of ether oxygens (including phenoxy) is 3. The second kappa shape index (κ2) is 6.72. The van der Waals surface area contributed by atoms with Crippen molar-refractivity contribution in [2.75, 3.05) is 26.6 Å². The molecule has 1 N–H and O–H groups in total. The summed E-state index contributed by atoms with van der Waals surface area (Å²) in [6.45, 7) is 1.95. The lowest BCUT2D eigenvalue weighted by molar-refractivity contribution is 0.102. The number of methoxy groups -OCH3 is 3. The van der Waals surface area contributed by atoms with Crippen molar-refractivity contribution in [3.8, 4) is 17.2 Å². The minimum absolute atomic E-state index is 0.322. The van der Waals surface area contributed by atoms with Gasteiger partial charge in [-0.3, -0.25) is 4.79 Å². The molecule has 0 aliphatic heterocycles. The Bertz CT molecular complexity index is 908. The quantitative estimate of drug-likeness (QED) is 0.772. The monoisotopic (exact) mass is 341 g/mol. The van der Waals surface area contributed by atoms with Gasteiger partial charge in [-0.15, -0.1) is 0 Å². The fourth-order valence-corrected chi connectivity index (χ4v) is 2.61. The first-order valence-electron chi connectivity index (χ1n) is 7.63. The number of hydrogen-bond donors (Lipinski definition) is 1. The molecule has 7 nitrogen and oxygen atoms in total. The first kappa shape index (κ1) is 16.6. The zero-order valence-electron chi connectivity index (χ0n) is 14.5. The van der Waals surface area contributed by atoms with E-state index in [0.717, 1.165) is 11.3 Å². The van der Waals surface area contributed by atoms with Crippen molar-refractivity contribution in [3.05, 3.63) is 47.9 Å². The van der Waals surface area contributed by atoms with E-state index in [1.807, 2.05) is 29.5 Å². The molecule has 1 amide bonds. The Morgan fingerprint density at radius 2 is 1.76 bits per heavy atom. The molecule has 0 atom stereocenters. The van der Waals surface area contributed by atoms with E-state index in [4.69, 9.17) is 14.2 Å². The first-order valence-corrected chi connectivity index (χ1v) is 7.63. The van der Waals surface area contributed by atoms with Crippen LogP contribution in [-0.4, -0.2) is 36.6 Å². The highest BCUT2D eigenvalue weighted by molar-refractivity contribution is 6.03. The second-order valence-corrected chi connectivity index (χ2v) is 5.39. The standard InChI is InChI=1S/C18H19N3O4/c1-11-6-5-7-16-20-13(10-21(11)16)18(22)19-12-8-14(23-2)17(25-4)15(9-12)24-3/h5-10H,1-4H3,(H,19,22). The van der Waals surface area contributed by atoms with Crippen LogP contribution in [0, 0.1) is 6.92 Å². The predicted octanol–water partition coefficient (Wildman–Crippen LogP) is 2.92. The molecule has 0 fully saturated rings. The molecule has 0 saturated heterocycles. The highest BCUT2D eigenvalue weighted by Gasteiger charge is 2.16. The van der Waals surface area contributed by atoms with Crippen LogP contribution in [-0.2, 0) is 0 Å². The maximum absolute atomic E-state index is 12.5. The number of benzene rings is 1. The molecule has 0 bridgehead atoms. The topological polar surface area (TPSA) is 74.1 Å². The van der Waals surface area contributed by atoms with Gasteiger partial charge in [-0.1, -0.05) is 6.07 Å². The van der Waals surface area contributed by atoms with Crippen molar-refractivity contribution in [3.63, 3.8) is 0 Å². The summed E-state index contributed by atoms with van der Waals surface area (Å²) < 4.78 is 17.7. The molecular formula is C18H19N3O4. The molecule has 3 rings (SSSR count). The molecule has 25 heavy (non-hydrogen) atoms. The molecule has 2 heterocycles. The summed E-state index contributed by atoms with van der Waals surface area (Å²) in [7, 11) is 4.57.